The molecule has 1 amide bonds. The average molecular weight is 438 g/mol. The minimum Gasteiger partial charge on any atom is -0.490 e. The summed E-state index contributed by atoms with van der Waals surface area (Å²) in [6.07, 6.45) is -15.8. The SMILES string of the molecule is COc1ccc(C(=O)Nc2ccccc2OC(F)(F)[C@@H](F)C(F)(F)F)cc1[N+](=O)[O-]. The number of carbonyl (C=O) groups excluding carboxylic acids is 1. The summed E-state index contributed by atoms with van der Waals surface area (Å²) in [5.74, 6) is -2.14. The van der Waals surface area contributed by atoms with E-state index < -0.39 is 46.4 Å². The number of para-hydroxylation sites is 2. The fourth-order valence-electron chi connectivity index (χ4n) is 2.22. The Morgan fingerprint density at radius 2 is 1.73 bits per heavy atom. The van der Waals surface area contributed by atoms with Gasteiger partial charge in [-0.05, 0) is 24.3 Å². The maximum Gasteiger partial charge on any atom is 0.439 e. The van der Waals surface area contributed by atoms with Gasteiger partial charge in [-0.2, -0.15) is 22.0 Å². The Morgan fingerprint density at radius 1 is 1.10 bits per heavy atom. The molecule has 0 aliphatic heterocycles. The molecule has 2 rings (SSSR count). The van der Waals surface area contributed by atoms with Crippen LogP contribution >= 0.6 is 0 Å². The van der Waals surface area contributed by atoms with E-state index in [-0.39, 0.29) is 11.3 Å². The summed E-state index contributed by atoms with van der Waals surface area (Å²) in [6.45, 7) is 0. The molecule has 0 spiro atoms. The number of nitro groups is 1. The van der Waals surface area contributed by atoms with Crippen LogP contribution in [-0.4, -0.2) is 36.4 Å². The fourth-order valence-corrected chi connectivity index (χ4v) is 2.22. The van der Waals surface area contributed by atoms with Crippen molar-refractivity contribution >= 4 is 17.3 Å². The molecule has 7 nitrogen and oxygen atoms in total. The molecule has 1 atom stereocenters. The number of hydrogen-bond acceptors (Lipinski definition) is 5. The zero-order valence-electron chi connectivity index (χ0n) is 14.9. The second-order valence-corrected chi connectivity index (χ2v) is 5.66. The Bertz CT molecular complexity index is 950. The molecule has 0 fully saturated rings. The lowest BCUT2D eigenvalue weighted by Crippen LogP contribution is -2.45. The van der Waals surface area contributed by atoms with Gasteiger partial charge in [0.15, 0.2) is 5.75 Å². The smallest absolute Gasteiger partial charge is 0.439 e. The van der Waals surface area contributed by atoms with Gasteiger partial charge in [0, 0.05) is 11.6 Å². The number of nitro benzene ring substituents is 1. The first-order chi connectivity index (χ1) is 13.9. The van der Waals surface area contributed by atoms with Crippen LogP contribution in [0.15, 0.2) is 42.5 Å². The van der Waals surface area contributed by atoms with Crippen LogP contribution in [0.4, 0.5) is 37.7 Å². The highest BCUT2D eigenvalue weighted by atomic mass is 19.4. The minimum atomic E-state index is -5.89. The normalized spacial score (nSPS) is 12.8. The first-order valence-corrected chi connectivity index (χ1v) is 7.87. The van der Waals surface area contributed by atoms with Crippen LogP contribution in [-0.2, 0) is 0 Å². The second kappa shape index (κ2) is 8.47. The van der Waals surface area contributed by atoms with Gasteiger partial charge in [-0.25, -0.2) is 4.39 Å². The average Bonchev–Trinajstić information content (AvgIpc) is 2.67. The number of ether oxygens (including phenoxy) is 2. The first-order valence-electron chi connectivity index (χ1n) is 7.87. The van der Waals surface area contributed by atoms with Crippen molar-refractivity contribution < 1.29 is 45.5 Å². The molecular formula is C17H12F6N2O5. The third-order valence-corrected chi connectivity index (χ3v) is 3.60. The van der Waals surface area contributed by atoms with Crippen LogP contribution in [0.25, 0.3) is 0 Å². The van der Waals surface area contributed by atoms with Crippen LogP contribution in [0.5, 0.6) is 11.5 Å². The molecule has 0 saturated heterocycles. The molecule has 2 aromatic carbocycles. The number of hydrogen-bond donors (Lipinski definition) is 1. The van der Waals surface area contributed by atoms with Gasteiger partial charge in [0.2, 0.25) is 0 Å². The summed E-state index contributed by atoms with van der Waals surface area (Å²) in [6, 6.07) is 7.19. The highest BCUT2D eigenvalue weighted by molar-refractivity contribution is 6.05. The zero-order chi connectivity index (χ0) is 22.7. The molecule has 0 radical (unpaired) electrons. The van der Waals surface area contributed by atoms with Crippen molar-refractivity contribution in [3.63, 3.8) is 0 Å². The predicted molar refractivity (Wildman–Crippen MR) is 90.6 cm³/mol. The molecule has 0 aliphatic carbocycles. The standard InChI is InChI=1S/C17H12F6N2O5/c1-29-13-7-6-9(8-11(13)25(27)28)14(26)24-10-4-2-3-5-12(10)30-17(22,23)15(18)16(19,20)21/h2-8,15H,1H3,(H,24,26)/t15-/m0/s1. The van der Waals surface area contributed by atoms with E-state index in [0.717, 1.165) is 43.5 Å². The van der Waals surface area contributed by atoms with Crippen LogP contribution in [0.2, 0.25) is 0 Å². The quantitative estimate of drug-likeness (QED) is 0.384. The van der Waals surface area contributed by atoms with Crippen molar-refractivity contribution in [3.05, 3.63) is 58.1 Å². The summed E-state index contributed by atoms with van der Waals surface area (Å²) < 4.78 is 85.6. The van der Waals surface area contributed by atoms with Gasteiger partial charge in [0.1, 0.15) is 5.75 Å². The van der Waals surface area contributed by atoms with Crippen molar-refractivity contribution in [2.75, 3.05) is 12.4 Å². The molecule has 13 heteroatoms. The number of anilines is 1. The third kappa shape index (κ3) is 5.10. The lowest BCUT2D eigenvalue weighted by atomic mass is 10.1. The Morgan fingerprint density at radius 3 is 2.30 bits per heavy atom. The minimum absolute atomic E-state index is 0.152. The van der Waals surface area contributed by atoms with Crippen LogP contribution in [0, 0.1) is 10.1 Å². The largest absolute Gasteiger partial charge is 0.490 e. The van der Waals surface area contributed by atoms with Crippen molar-refractivity contribution in [1.29, 1.82) is 0 Å². The Hall–Kier alpha value is -3.51. The molecule has 30 heavy (non-hydrogen) atoms. The Labute approximate surface area is 164 Å². The van der Waals surface area contributed by atoms with E-state index in [2.05, 4.69) is 10.1 Å². The second-order valence-electron chi connectivity index (χ2n) is 5.66. The number of nitrogens with one attached hydrogen (secondary N) is 1. The van der Waals surface area contributed by atoms with Gasteiger partial charge >= 0.3 is 18.0 Å². The summed E-state index contributed by atoms with van der Waals surface area (Å²) in [5, 5.41) is 13.1. The zero-order valence-corrected chi connectivity index (χ0v) is 14.9. The van der Waals surface area contributed by atoms with Crippen LogP contribution in [0.1, 0.15) is 10.4 Å². The lowest BCUT2D eigenvalue weighted by molar-refractivity contribution is -0.385. The number of benzene rings is 2. The Balaban J connectivity index is 2.30. The van der Waals surface area contributed by atoms with E-state index in [1.165, 1.54) is 6.07 Å². The van der Waals surface area contributed by atoms with Crippen molar-refractivity contribution in [2.24, 2.45) is 0 Å². The summed E-state index contributed by atoms with van der Waals surface area (Å²) >= 11 is 0. The van der Waals surface area contributed by atoms with Crippen molar-refractivity contribution in [3.8, 4) is 11.5 Å². The van der Waals surface area contributed by atoms with E-state index in [9.17, 15) is 41.3 Å². The summed E-state index contributed by atoms with van der Waals surface area (Å²) in [7, 11) is 1.16. The highest BCUT2D eigenvalue weighted by Crippen LogP contribution is 2.38. The van der Waals surface area contributed by atoms with E-state index >= 15 is 0 Å². The predicted octanol–water partition coefficient (Wildman–Crippen LogP) is 4.73. The van der Waals surface area contributed by atoms with Gasteiger partial charge < -0.3 is 14.8 Å². The monoisotopic (exact) mass is 438 g/mol. The van der Waals surface area contributed by atoms with Crippen molar-refractivity contribution in [1.82, 2.24) is 0 Å². The molecule has 162 valence electrons. The molecule has 0 aliphatic rings. The number of methoxy groups -OCH3 is 1. The molecule has 0 unspecified atom stereocenters. The van der Waals surface area contributed by atoms with Gasteiger partial charge in [-0.3, -0.25) is 14.9 Å². The van der Waals surface area contributed by atoms with Gasteiger partial charge in [0.05, 0.1) is 17.7 Å². The maximum atomic E-state index is 13.5. The van der Waals surface area contributed by atoms with E-state index in [0.29, 0.717) is 0 Å². The molecule has 1 N–H and O–H groups in total. The molecule has 0 bridgehead atoms. The molecule has 0 aromatic heterocycles. The summed E-state index contributed by atoms with van der Waals surface area (Å²) in [4.78, 5) is 22.5. The number of nitrogens with zero attached hydrogens (tertiary/aromatic N) is 1. The van der Waals surface area contributed by atoms with Gasteiger partial charge in [-0.15, -0.1) is 0 Å². The van der Waals surface area contributed by atoms with Crippen LogP contribution < -0.4 is 14.8 Å². The van der Waals surface area contributed by atoms with E-state index in [4.69, 9.17) is 4.74 Å². The number of amides is 1. The fraction of sp³-hybridized carbons (Fsp3) is 0.235. The lowest BCUT2D eigenvalue weighted by Gasteiger charge is -2.24. The van der Waals surface area contributed by atoms with E-state index in [1.54, 1.807) is 0 Å². The molecule has 0 saturated carbocycles. The maximum absolute atomic E-state index is 13.5. The molecule has 0 heterocycles. The summed E-state index contributed by atoms with van der Waals surface area (Å²) in [5.41, 5.74) is -1.37. The topological polar surface area (TPSA) is 90.7 Å². The van der Waals surface area contributed by atoms with Gasteiger partial charge in [-0.1, -0.05) is 12.1 Å². The van der Waals surface area contributed by atoms with Crippen LogP contribution in [0.3, 0.4) is 0 Å². The van der Waals surface area contributed by atoms with Gasteiger partial charge in [0.25, 0.3) is 12.1 Å². The number of rotatable bonds is 7. The number of alkyl halides is 6. The molecule has 2 aromatic rings. The third-order valence-electron chi connectivity index (χ3n) is 3.60. The van der Waals surface area contributed by atoms with Crippen molar-refractivity contribution in [2.45, 2.75) is 18.5 Å². The number of halogens is 6. The Kier molecular flexibility index (Phi) is 6.43. The van der Waals surface area contributed by atoms with E-state index in [1.807, 2.05) is 0 Å². The molecular weight excluding hydrogens is 426 g/mol. The number of carbonyl (C=O) groups is 1. The first kappa shape index (κ1) is 22.8. The highest BCUT2D eigenvalue weighted by Gasteiger charge is 2.59.